The van der Waals surface area contributed by atoms with Gasteiger partial charge in [-0.3, -0.25) is 9.78 Å². The molecular weight excluding hydrogens is 243 g/mol. The fourth-order valence-corrected chi connectivity index (χ4v) is 1.79. The van der Waals surface area contributed by atoms with Gasteiger partial charge in [0, 0.05) is 12.4 Å². The molecule has 19 heavy (non-hydrogen) atoms. The maximum atomic E-state index is 12.9. The van der Waals surface area contributed by atoms with Gasteiger partial charge in [0.1, 0.15) is 5.82 Å². The molecule has 3 nitrogen and oxygen atoms in total. The Hall–Kier alpha value is -2.23. The minimum Gasteiger partial charge on any atom is -0.343 e. The summed E-state index contributed by atoms with van der Waals surface area (Å²) < 4.78 is 12.9. The fraction of sp³-hybridized carbons (Fsp3) is 0.200. The van der Waals surface area contributed by atoms with Gasteiger partial charge in [-0.25, -0.2) is 4.39 Å². The normalized spacial score (nSPS) is 11.1. The molecular formula is C15H15FN2O. The number of nitrogens with zero attached hydrogens (tertiary/aromatic N) is 1. The Morgan fingerprint density at radius 3 is 2.47 bits per heavy atom. The summed E-state index contributed by atoms with van der Waals surface area (Å²) in [6, 6.07) is 9.50. The van der Waals surface area contributed by atoms with E-state index in [0.29, 0.717) is 5.56 Å². The molecule has 2 rings (SSSR count). The van der Waals surface area contributed by atoms with Gasteiger partial charge >= 0.3 is 0 Å². The van der Waals surface area contributed by atoms with Crippen molar-refractivity contribution in [3.8, 4) is 0 Å². The smallest absolute Gasteiger partial charge is 0.253 e. The van der Waals surface area contributed by atoms with Crippen molar-refractivity contribution >= 4 is 5.91 Å². The molecule has 0 fully saturated rings. The van der Waals surface area contributed by atoms with E-state index < -0.39 is 5.54 Å². The largest absolute Gasteiger partial charge is 0.343 e. The molecule has 0 saturated heterocycles. The second-order valence-corrected chi connectivity index (χ2v) is 4.83. The molecule has 0 aliphatic heterocycles. The Kier molecular flexibility index (Phi) is 3.60. The van der Waals surface area contributed by atoms with Crippen LogP contribution in [0.3, 0.4) is 0 Å². The van der Waals surface area contributed by atoms with E-state index >= 15 is 0 Å². The van der Waals surface area contributed by atoms with Crippen LogP contribution < -0.4 is 5.32 Å². The SMILES string of the molecule is CC(C)(NC(=O)c1cccnc1)c1ccc(F)cc1. The lowest BCUT2D eigenvalue weighted by atomic mass is 9.94. The molecule has 1 aromatic heterocycles. The molecule has 1 amide bonds. The summed E-state index contributed by atoms with van der Waals surface area (Å²) in [7, 11) is 0. The number of rotatable bonds is 3. The van der Waals surface area contributed by atoms with Crippen LogP contribution in [0.4, 0.5) is 4.39 Å². The summed E-state index contributed by atoms with van der Waals surface area (Å²) in [6.45, 7) is 3.74. The average molecular weight is 258 g/mol. The van der Waals surface area contributed by atoms with Gasteiger partial charge in [-0.2, -0.15) is 0 Å². The molecule has 0 unspecified atom stereocenters. The van der Waals surface area contributed by atoms with Crippen molar-refractivity contribution in [2.24, 2.45) is 0 Å². The Labute approximate surface area is 111 Å². The standard InChI is InChI=1S/C15H15FN2O/c1-15(2,12-5-7-13(16)8-6-12)18-14(19)11-4-3-9-17-10-11/h3-10H,1-2H3,(H,18,19). The van der Waals surface area contributed by atoms with Crippen molar-refractivity contribution in [2.75, 3.05) is 0 Å². The van der Waals surface area contributed by atoms with Crippen LogP contribution >= 0.6 is 0 Å². The van der Waals surface area contributed by atoms with E-state index in [4.69, 9.17) is 0 Å². The molecule has 0 aliphatic carbocycles. The van der Waals surface area contributed by atoms with Crippen LogP contribution in [0.25, 0.3) is 0 Å². The predicted octanol–water partition coefficient (Wildman–Crippen LogP) is 2.89. The molecule has 0 radical (unpaired) electrons. The van der Waals surface area contributed by atoms with Crippen LogP contribution in [-0.4, -0.2) is 10.9 Å². The Balaban J connectivity index is 2.17. The van der Waals surface area contributed by atoms with Crippen LogP contribution in [0.5, 0.6) is 0 Å². The molecule has 0 saturated carbocycles. The third-order valence-electron chi connectivity index (χ3n) is 2.92. The highest BCUT2D eigenvalue weighted by molar-refractivity contribution is 5.94. The van der Waals surface area contributed by atoms with E-state index in [1.165, 1.54) is 18.3 Å². The maximum absolute atomic E-state index is 12.9. The summed E-state index contributed by atoms with van der Waals surface area (Å²) in [4.78, 5) is 16.0. The monoisotopic (exact) mass is 258 g/mol. The number of aromatic nitrogens is 1. The van der Waals surface area contributed by atoms with Crippen molar-refractivity contribution in [1.82, 2.24) is 10.3 Å². The van der Waals surface area contributed by atoms with Gasteiger partial charge in [0.25, 0.3) is 5.91 Å². The van der Waals surface area contributed by atoms with Gasteiger partial charge in [-0.1, -0.05) is 12.1 Å². The first kappa shape index (κ1) is 13.2. The number of carbonyl (C=O) groups is 1. The van der Waals surface area contributed by atoms with E-state index in [9.17, 15) is 9.18 Å². The second-order valence-electron chi connectivity index (χ2n) is 4.83. The van der Waals surface area contributed by atoms with Gasteiger partial charge in [0.05, 0.1) is 11.1 Å². The number of amides is 1. The first-order valence-electron chi connectivity index (χ1n) is 5.97. The summed E-state index contributed by atoms with van der Waals surface area (Å²) in [6.07, 6.45) is 3.12. The van der Waals surface area contributed by atoms with Crippen LogP contribution in [0, 0.1) is 5.82 Å². The number of hydrogen-bond acceptors (Lipinski definition) is 2. The lowest BCUT2D eigenvalue weighted by Crippen LogP contribution is -2.41. The highest BCUT2D eigenvalue weighted by atomic mass is 19.1. The lowest BCUT2D eigenvalue weighted by Gasteiger charge is -2.27. The molecule has 0 spiro atoms. The highest BCUT2D eigenvalue weighted by Crippen LogP contribution is 2.20. The van der Waals surface area contributed by atoms with Crippen molar-refractivity contribution < 1.29 is 9.18 Å². The minimum absolute atomic E-state index is 0.206. The minimum atomic E-state index is -0.583. The van der Waals surface area contributed by atoms with E-state index in [0.717, 1.165) is 5.56 Å². The Morgan fingerprint density at radius 2 is 1.89 bits per heavy atom. The van der Waals surface area contributed by atoms with Gasteiger partial charge in [0.2, 0.25) is 0 Å². The Bertz CT molecular complexity index is 564. The quantitative estimate of drug-likeness (QED) is 0.919. The van der Waals surface area contributed by atoms with Crippen LogP contribution in [0.2, 0.25) is 0 Å². The maximum Gasteiger partial charge on any atom is 0.253 e. The third kappa shape index (κ3) is 3.16. The molecule has 0 aliphatic rings. The number of hydrogen-bond donors (Lipinski definition) is 1. The van der Waals surface area contributed by atoms with Crippen LogP contribution in [0.15, 0.2) is 48.8 Å². The van der Waals surface area contributed by atoms with Crippen molar-refractivity contribution in [1.29, 1.82) is 0 Å². The number of benzene rings is 1. The first-order valence-corrected chi connectivity index (χ1v) is 5.97. The van der Waals surface area contributed by atoms with Gasteiger partial charge in [-0.05, 0) is 43.7 Å². The summed E-state index contributed by atoms with van der Waals surface area (Å²) in [5.41, 5.74) is 0.754. The Morgan fingerprint density at radius 1 is 1.21 bits per heavy atom. The molecule has 1 aromatic carbocycles. The van der Waals surface area contributed by atoms with E-state index in [-0.39, 0.29) is 11.7 Å². The molecule has 98 valence electrons. The van der Waals surface area contributed by atoms with Crippen LogP contribution in [0.1, 0.15) is 29.8 Å². The number of carbonyl (C=O) groups excluding carboxylic acids is 1. The topological polar surface area (TPSA) is 42.0 Å². The summed E-state index contributed by atoms with van der Waals surface area (Å²) >= 11 is 0. The zero-order chi connectivity index (χ0) is 13.9. The molecule has 0 atom stereocenters. The van der Waals surface area contributed by atoms with Crippen molar-refractivity contribution in [3.05, 3.63) is 65.7 Å². The fourth-order valence-electron chi connectivity index (χ4n) is 1.79. The number of pyridine rings is 1. The molecule has 1 N–H and O–H groups in total. The summed E-state index contributed by atoms with van der Waals surface area (Å²) in [5, 5.41) is 2.91. The molecule has 4 heteroatoms. The van der Waals surface area contributed by atoms with E-state index in [1.54, 1.807) is 30.5 Å². The van der Waals surface area contributed by atoms with Crippen molar-refractivity contribution in [3.63, 3.8) is 0 Å². The zero-order valence-corrected chi connectivity index (χ0v) is 10.9. The molecule has 1 heterocycles. The third-order valence-corrected chi connectivity index (χ3v) is 2.92. The van der Waals surface area contributed by atoms with Gasteiger partial charge in [-0.15, -0.1) is 0 Å². The summed E-state index contributed by atoms with van der Waals surface area (Å²) in [5.74, 6) is -0.499. The first-order chi connectivity index (χ1) is 8.99. The van der Waals surface area contributed by atoms with Crippen molar-refractivity contribution in [2.45, 2.75) is 19.4 Å². The molecule has 2 aromatic rings. The van der Waals surface area contributed by atoms with E-state index in [2.05, 4.69) is 10.3 Å². The average Bonchev–Trinajstić information content (AvgIpc) is 2.40. The highest BCUT2D eigenvalue weighted by Gasteiger charge is 2.23. The number of halogens is 1. The van der Waals surface area contributed by atoms with Crippen LogP contribution in [-0.2, 0) is 5.54 Å². The van der Waals surface area contributed by atoms with E-state index in [1.807, 2.05) is 13.8 Å². The second kappa shape index (κ2) is 5.18. The lowest BCUT2D eigenvalue weighted by molar-refractivity contribution is 0.0911. The molecule has 0 bridgehead atoms. The van der Waals surface area contributed by atoms with Gasteiger partial charge < -0.3 is 5.32 Å². The number of nitrogens with one attached hydrogen (secondary N) is 1. The zero-order valence-electron chi connectivity index (χ0n) is 10.9. The predicted molar refractivity (Wildman–Crippen MR) is 71.1 cm³/mol. The van der Waals surface area contributed by atoms with Gasteiger partial charge in [0.15, 0.2) is 0 Å².